The fourth-order valence-electron chi connectivity index (χ4n) is 3.20. The van der Waals surface area contributed by atoms with E-state index in [-0.39, 0.29) is 17.9 Å². The van der Waals surface area contributed by atoms with Gasteiger partial charge in [-0.2, -0.15) is 0 Å². The third-order valence-electron chi connectivity index (χ3n) is 5.30. The first-order chi connectivity index (χ1) is 14.8. The van der Waals surface area contributed by atoms with Crippen molar-refractivity contribution in [2.75, 3.05) is 5.75 Å². The van der Waals surface area contributed by atoms with E-state index in [1.807, 2.05) is 76.2 Å². The Morgan fingerprint density at radius 2 is 1.74 bits per heavy atom. The summed E-state index contributed by atoms with van der Waals surface area (Å²) in [5.41, 5.74) is 3.19. The second-order valence-corrected chi connectivity index (χ2v) is 9.23. The Kier molecular flexibility index (Phi) is 10.4. The Hall–Kier alpha value is -1.98. The molecule has 0 unspecified atom stereocenters. The highest BCUT2D eigenvalue weighted by Gasteiger charge is 2.29. The second kappa shape index (κ2) is 12.8. The van der Waals surface area contributed by atoms with Crippen molar-refractivity contribution in [1.82, 2.24) is 10.2 Å². The standard InChI is InChI=1S/C25H33ClN2O2S/c1-5-19(4)27-25(30)23(6-2)28(15-20-13-11-18(3)12-14-20)24(29)17-31-16-21-9-7-8-10-22(21)26/h7-14,19,23H,5-6,15-17H2,1-4H3,(H,27,30)/t19-,23+/m0/s1. The topological polar surface area (TPSA) is 49.4 Å². The van der Waals surface area contributed by atoms with Crippen molar-refractivity contribution in [3.63, 3.8) is 0 Å². The molecule has 2 aromatic carbocycles. The average molecular weight is 461 g/mol. The van der Waals surface area contributed by atoms with E-state index < -0.39 is 6.04 Å². The van der Waals surface area contributed by atoms with Gasteiger partial charge in [-0.3, -0.25) is 9.59 Å². The van der Waals surface area contributed by atoms with Gasteiger partial charge >= 0.3 is 0 Å². The SMILES string of the molecule is CC[C@H](C(=O)N[C@@H](C)CC)N(Cc1ccc(C)cc1)C(=O)CSCc1ccccc1Cl. The van der Waals surface area contributed by atoms with E-state index >= 15 is 0 Å². The van der Waals surface area contributed by atoms with Gasteiger partial charge in [0.1, 0.15) is 6.04 Å². The molecule has 0 spiro atoms. The maximum absolute atomic E-state index is 13.2. The monoisotopic (exact) mass is 460 g/mol. The van der Waals surface area contributed by atoms with Gasteiger partial charge in [-0.05, 0) is 43.9 Å². The van der Waals surface area contributed by atoms with Crippen LogP contribution >= 0.6 is 23.4 Å². The number of benzene rings is 2. The first kappa shape index (κ1) is 25.3. The Labute approximate surface area is 195 Å². The molecule has 4 nitrogen and oxygen atoms in total. The predicted octanol–water partition coefficient (Wildman–Crippen LogP) is 5.60. The van der Waals surface area contributed by atoms with Crippen LogP contribution in [0.4, 0.5) is 0 Å². The molecule has 31 heavy (non-hydrogen) atoms. The van der Waals surface area contributed by atoms with Crippen LogP contribution in [0.25, 0.3) is 0 Å². The highest BCUT2D eigenvalue weighted by Crippen LogP contribution is 2.22. The van der Waals surface area contributed by atoms with Gasteiger partial charge in [0.25, 0.3) is 0 Å². The fourth-order valence-corrected chi connectivity index (χ4v) is 4.39. The molecule has 0 fully saturated rings. The molecule has 0 radical (unpaired) electrons. The third kappa shape index (κ3) is 7.89. The quantitative estimate of drug-likeness (QED) is 0.474. The number of aryl methyl sites for hydroxylation is 1. The summed E-state index contributed by atoms with van der Waals surface area (Å²) in [6.07, 6.45) is 1.41. The number of nitrogens with one attached hydrogen (secondary N) is 1. The number of thioether (sulfide) groups is 1. The van der Waals surface area contributed by atoms with Crippen LogP contribution in [-0.4, -0.2) is 34.6 Å². The Bertz CT molecular complexity index is 857. The third-order valence-corrected chi connectivity index (χ3v) is 6.64. The lowest BCUT2D eigenvalue weighted by Gasteiger charge is -2.31. The number of carbonyl (C=O) groups excluding carboxylic acids is 2. The average Bonchev–Trinajstić information content (AvgIpc) is 2.76. The molecular weight excluding hydrogens is 428 g/mol. The van der Waals surface area contributed by atoms with Crippen LogP contribution in [0.5, 0.6) is 0 Å². The van der Waals surface area contributed by atoms with Gasteiger partial charge < -0.3 is 10.2 Å². The minimum Gasteiger partial charge on any atom is -0.352 e. The number of nitrogens with zero attached hydrogens (tertiary/aromatic N) is 1. The molecule has 0 aromatic heterocycles. The second-order valence-electron chi connectivity index (χ2n) is 7.83. The summed E-state index contributed by atoms with van der Waals surface area (Å²) in [6.45, 7) is 8.42. The summed E-state index contributed by atoms with van der Waals surface area (Å²) in [6, 6.07) is 15.3. The first-order valence-electron chi connectivity index (χ1n) is 10.8. The number of hydrogen-bond acceptors (Lipinski definition) is 3. The molecule has 2 aromatic rings. The number of hydrogen-bond donors (Lipinski definition) is 1. The minimum atomic E-state index is -0.497. The Balaban J connectivity index is 2.14. The highest BCUT2D eigenvalue weighted by atomic mass is 35.5. The zero-order chi connectivity index (χ0) is 22.8. The number of carbonyl (C=O) groups is 2. The van der Waals surface area contributed by atoms with Crippen molar-refractivity contribution < 1.29 is 9.59 Å². The van der Waals surface area contributed by atoms with Crippen molar-refractivity contribution in [3.8, 4) is 0 Å². The summed E-state index contributed by atoms with van der Waals surface area (Å²) < 4.78 is 0. The van der Waals surface area contributed by atoms with Gasteiger partial charge in [0.15, 0.2) is 0 Å². The molecule has 2 atom stereocenters. The lowest BCUT2D eigenvalue weighted by molar-refractivity contribution is -0.139. The predicted molar refractivity (Wildman–Crippen MR) is 131 cm³/mol. The van der Waals surface area contributed by atoms with Gasteiger partial charge in [-0.25, -0.2) is 0 Å². The zero-order valence-corrected chi connectivity index (χ0v) is 20.4. The van der Waals surface area contributed by atoms with Crippen LogP contribution < -0.4 is 5.32 Å². The van der Waals surface area contributed by atoms with Crippen molar-refractivity contribution in [1.29, 1.82) is 0 Å². The molecule has 2 amide bonds. The molecule has 6 heteroatoms. The van der Waals surface area contributed by atoms with E-state index in [0.717, 1.165) is 17.5 Å². The summed E-state index contributed by atoms with van der Waals surface area (Å²) in [4.78, 5) is 27.9. The molecule has 2 rings (SSSR count). The van der Waals surface area contributed by atoms with E-state index in [1.165, 1.54) is 17.3 Å². The molecule has 0 aliphatic rings. The number of rotatable bonds is 11. The molecular formula is C25H33ClN2O2S. The molecule has 0 heterocycles. The maximum atomic E-state index is 13.2. The van der Waals surface area contributed by atoms with Crippen molar-refractivity contribution in [3.05, 3.63) is 70.2 Å². The van der Waals surface area contributed by atoms with E-state index in [1.54, 1.807) is 4.90 Å². The summed E-state index contributed by atoms with van der Waals surface area (Å²) in [5.74, 6) is 0.821. The molecule has 1 N–H and O–H groups in total. The van der Waals surface area contributed by atoms with Crippen LogP contribution in [0.2, 0.25) is 5.02 Å². The lowest BCUT2D eigenvalue weighted by Crippen LogP contribution is -2.51. The lowest BCUT2D eigenvalue weighted by atomic mass is 10.1. The summed E-state index contributed by atoms with van der Waals surface area (Å²) in [7, 11) is 0. The molecule has 0 bridgehead atoms. The fraction of sp³-hybridized carbons (Fsp3) is 0.440. The Morgan fingerprint density at radius 1 is 1.06 bits per heavy atom. The maximum Gasteiger partial charge on any atom is 0.243 e. The van der Waals surface area contributed by atoms with Gasteiger partial charge in [-0.15, -0.1) is 11.8 Å². The van der Waals surface area contributed by atoms with Crippen LogP contribution in [0.15, 0.2) is 48.5 Å². The van der Waals surface area contributed by atoms with Crippen LogP contribution in [-0.2, 0) is 21.9 Å². The van der Waals surface area contributed by atoms with Gasteiger partial charge in [-0.1, -0.05) is 73.5 Å². The normalized spacial score (nSPS) is 12.8. The van der Waals surface area contributed by atoms with Crippen LogP contribution in [0.1, 0.15) is 50.3 Å². The van der Waals surface area contributed by atoms with Gasteiger partial charge in [0.2, 0.25) is 11.8 Å². The van der Waals surface area contributed by atoms with E-state index in [2.05, 4.69) is 5.32 Å². The van der Waals surface area contributed by atoms with E-state index in [0.29, 0.717) is 29.5 Å². The number of amides is 2. The Morgan fingerprint density at radius 3 is 2.35 bits per heavy atom. The molecule has 0 saturated heterocycles. The first-order valence-corrected chi connectivity index (χ1v) is 12.4. The van der Waals surface area contributed by atoms with Gasteiger partial charge in [0, 0.05) is 23.4 Å². The molecule has 0 aliphatic carbocycles. The number of halogens is 1. The summed E-state index contributed by atoms with van der Waals surface area (Å²) in [5, 5.41) is 3.75. The molecule has 0 aliphatic heterocycles. The van der Waals surface area contributed by atoms with Gasteiger partial charge in [0.05, 0.1) is 5.75 Å². The summed E-state index contributed by atoms with van der Waals surface area (Å²) >= 11 is 7.76. The van der Waals surface area contributed by atoms with Crippen molar-refractivity contribution in [2.24, 2.45) is 0 Å². The molecule has 0 saturated carbocycles. The smallest absolute Gasteiger partial charge is 0.243 e. The highest BCUT2D eigenvalue weighted by molar-refractivity contribution is 7.99. The van der Waals surface area contributed by atoms with Crippen molar-refractivity contribution in [2.45, 2.75) is 64.9 Å². The van der Waals surface area contributed by atoms with Crippen molar-refractivity contribution >= 4 is 35.2 Å². The van der Waals surface area contributed by atoms with E-state index in [9.17, 15) is 9.59 Å². The zero-order valence-electron chi connectivity index (χ0n) is 18.9. The largest absolute Gasteiger partial charge is 0.352 e. The van der Waals surface area contributed by atoms with Crippen LogP contribution in [0, 0.1) is 6.92 Å². The van der Waals surface area contributed by atoms with Crippen LogP contribution in [0.3, 0.4) is 0 Å². The molecule has 168 valence electrons. The minimum absolute atomic E-state index is 0.0382. The van der Waals surface area contributed by atoms with E-state index in [4.69, 9.17) is 11.6 Å².